The number of hydrogen-bond donors (Lipinski definition) is 10. The average Bonchev–Trinajstić information content (AvgIpc) is 2.65. The third kappa shape index (κ3) is 29.9. The van der Waals surface area contributed by atoms with Crippen LogP contribution in [0, 0.1) is 5.92 Å². The Hall–Kier alpha value is -2.85. The summed E-state index contributed by atoms with van der Waals surface area (Å²) in [6.45, 7) is 2.77. The lowest BCUT2D eigenvalue weighted by Gasteiger charge is -2.07. The van der Waals surface area contributed by atoms with Gasteiger partial charge in [0.25, 0.3) is 0 Å². The van der Waals surface area contributed by atoms with Gasteiger partial charge in [0.15, 0.2) is 0 Å². The molecular formula is C15H33N5O10. The fourth-order valence-corrected chi connectivity index (χ4v) is 0.784. The smallest absolute Gasteiger partial charge is 0.322 e. The van der Waals surface area contributed by atoms with E-state index in [4.69, 9.17) is 48.5 Å². The fraction of sp³-hybridized carbons (Fsp3) is 0.667. The van der Waals surface area contributed by atoms with Gasteiger partial charge in [-0.2, -0.15) is 0 Å². The Morgan fingerprint density at radius 2 is 1.17 bits per heavy atom. The third-order valence-electron chi connectivity index (χ3n) is 2.71. The van der Waals surface area contributed by atoms with Crippen molar-refractivity contribution in [3.63, 3.8) is 0 Å². The molecule has 0 aromatic rings. The number of amides is 1. The van der Waals surface area contributed by atoms with Crippen LogP contribution in [-0.2, 0) is 24.0 Å². The number of carboxylic acid groups (broad SMARTS) is 4. The molecule has 178 valence electrons. The lowest BCUT2D eigenvalue weighted by molar-refractivity contribution is -0.140. The molecule has 0 aliphatic rings. The largest absolute Gasteiger partial charge is 0.480 e. The monoisotopic (exact) mass is 443 g/mol. The molecule has 0 radical (unpaired) electrons. The van der Waals surface area contributed by atoms with Crippen molar-refractivity contribution in [3.05, 3.63) is 0 Å². The zero-order valence-corrected chi connectivity index (χ0v) is 16.8. The van der Waals surface area contributed by atoms with Crippen LogP contribution in [0.25, 0.3) is 0 Å². The molecule has 0 heterocycles. The van der Waals surface area contributed by atoms with Gasteiger partial charge in [0.1, 0.15) is 18.1 Å². The van der Waals surface area contributed by atoms with Crippen molar-refractivity contribution < 1.29 is 49.5 Å². The molecule has 15 N–H and O–H groups in total. The highest BCUT2D eigenvalue weighted by Gasteiger charge is 2.14. The summed E-state index contributed by atoms with van der Waals surface area (Å²) < 4.78 is 0. The second kappa shape index (κ2) is 20.9. The summed E-state index contributed by atoms with van der Waals surface area (Å²) in [5.41, 5.74) is 24.3. The molecule has 0 saturated carbocycles. The predicted octanol–water partition coefficient (Wildman–Crippen LogP) is -3.86. The summed E-state index contributed by atoms with van der Waals surface area (Å²) in [4.78, 5) is 49.0. The van der Waals surface area contributed by atoms with Crippen molar-refractivity contribution in [2.45, 2.75) is 44.8 Å². The number of rotatable bonds is 9. The Labute approximate surface area is 172 Å². The number of carbonyl (C=O) groups excluding carboxylic acids is 1. The minimum absolute atomic E-state index is 0.0208. The molecule has 0 aromatic carbocycles. The molecule has 0 aliphatic carbocycles. The summed E-state index contributed by atoms with van der Waals surface area (Å²) in [7, 11) is 0. The number of primary amides is 1. The Bertz CT molecular complexity index is 530. The molecule has 15 nitrogen and oxygen atoms in total. The Kier molecular flexibility index (Phi) is 24.1. The van der Waals surface area contributed by atoms with E-state index in [1.165, 1.54) is 0 Å². The summed E-state index contributed by atoms with van der Waals surface area (Å²) in [5.74, 6) is -4.70. The number of carboxylic acids is 4. The van der Waals surface area contributed by atoms with Crippen molar-refractivity contribution in [1.82, 2.24) is 0 Å². The fourth-order valence-electron chi connectivity index (χ4n) is 0.784. The molecule has 3 atom stereocenters. The molecule has 0 saturated heterocycles. The first-order valence-corrected chi connectivity index (χ1v) is 8.31. The number of hydrogen-bond acceptors (Lipinski definition) is 10. The van der Waals surface area contributed by atoms with E-state index in [2.05, 4.69) is 5.73 Å². The van der Waals surface area contributed by atoms with Crippen LogP contribution in [0.1, 0.15) is 26.7 Å². The Morgan fingerprint density at radius 3 is 1.27 bits per heavy atom. The molecule has 0 rings (SSSR count). The second-order valence-corrected chi connectivity index (χ2v) is 5.78. The van der Waals surface area contributed by atoms with Crippen molar-refractivity contribution in [2.24, 2.45) is 34.6 Å². The van der Waals surface area contributed by atoms with Crippen molar-refractivity contribution in [1.29, 1.82) is 0 Å². The second-order valence-electron chi connectivity index (χ2n) is 5.78. The molecule has 1 amide bonds. The number of aliphatic hydroxyl groups excluding tert-OH is 1. The summed E-state index contributed by atoms with van der Waals surface area (Å²) in [5, 5.41) is 39.9. The van der Waals surface area contributed by atoms with E-state index in [1.54, 1.807) is 13.8 Å². The standard InChI is InChI=1S/C5H10N2O3.C5H11NO2.C3H7NO3.C2H5NO2/c6-3(5(9)10)1-2-4(7)8;1-3(2)4(6)5(7)8;4-2(1-5)3(6)7;3-1-2(4)5/h3H,1-2,6H2,(H2,7,8)(H,9,10);3-4H,6H2,1-2H3,(H,7,8);2,5H,1,4H2,(H,6,7);1,3H2,(H,4,5). The van der Waals surface area contributed by atoms with Gasteiger partial charge in [0.05, 0.1) is 13.2 Å². The highest BCUT2D eigenvalue weighted by atomic mass is 16.4. The molecule has 0 fully saturated rings. The van der Waals surface area contributed by atoms with E-state index in [0.29, 0.717) is 0 Å². The van der Waals surface area contributed by atoms with Crippen molar-refractivity contribution in [2.75, 3.05) is 13.2 Å². The molecule has 15 heteroatoms. The summed E-state index contributed by atoms with van der Waals surface area (Å²) in [6, 6.07) is -2.82. The number of aliphatic hydroxyl groups is 1. The summed E-state index contributed by atoms with van der Waals surface area (Å²) >= 11 is 0. The molecule has 3 unspecified atom stereocenters. The summed E-state index contributed by atoms with van der Waals surface area (Å²) in [6.07, 6.45) is 0.123. The highest BCUT2D eigenvalue weighted by molar-refractivity contribution is 5.77. The maximum absolute atomic E-state index is 10.1. The van der Waals surface area contributed by atoms with Gasteiger partial charge in [-0.3, -0.25) is 24.0 Å². The van der Waals surface area contributed by atoms with Crippen LogP contribution in [0.15, 0.2) is 0 Å². The molecule has 0 aliphatic heterocycles. The normalized spacial score (nSPS) is 12.3. The van der Waals surface area contributed by atoms with Crippen molar-refractivity contribution >= 4 is 29.8 Å². The van der Waals surface area contributed by atoms with Crippen LogP contribution in [-0.4, -0.2) is 86.6 Å². The van der Waals surface area contributed by atoms with E-state index >= 15 is 0 Å². The van der Waals surface area contributed by atoms with Crippen LogP contribution in [0.4, 0.5) is 0 Å². The maximum Gasteiger partial charge on any atom is 0.322 e. The highest BCUT2D eigenvalue weighted by Crippen LogP contribution is 1.96. The third-order valence-corrected chi connectivity index (χ3v) is 2.71. The average molecular weight is 443 g/mol. The van der Waals surface area contributed by atoms with E-state index in [-0.39, 0.29) is 25.3 Å². The zero-order chi connectivity index (χ0) is 25.0. The van der Waals surface area contributed by atoms with Gasteiger partial charge in [-0.05, 0) is 12.3 Å². The van der Waals surface area contributed by atoms with Crippen LogP contribution in [0.3, 0.4) is 0 Å². The topological polar surface area (TPSA) is 317 Å². The van der Waals surface area contributed by atoms with E-state index < -0.39 is 54.5 Å². The van der Waals surface area contributed by atoms with E-state index in [9.17, 15) is 24.0 Å². The number of nitrogens with two attached hydrogens (primary N) is 5. The molecule has 0 spiro atoms. The maximum atomic E-state index is 10.1. The van der Waals surface area contributed by atoms with Gasteiger partial charge in [-0.1, -0.05) is 13.8 Å². The Balaban J connectivity index is -0.000000155. The van der Waals surface area contributed by atoms with E-state index in [1.807, 2.05) is 0 Å². The molecule has 0 aromatic heterocycles. The quantitative estimate of drug-likeness (QED) is 0.163. The SMILES string of the molecule is CC(C)C(N)C(=O)O.NC(=O)CCC(N)C(=O)O.NC(CO)C(=O)O.NCC(=O)O. The van der Waals surface area contributed by atoms with Crippen LogP contribution in [0.5, 0.6) is 0 Å². The van der Waals surface area contributed by atoms with Gasteiger partial charge < -0.3 is 54.2 Å². The lowest BCUT2D eigenvalue weighted by atomic mass is 10.1. The van der Waals surface area contributed by atoms with Gasteiger partial charge in [-0.15, -0.1) is 0 Å². The van der Waals surface area contributed by atoms with Gasteiger partial charge in [-0.25, -0.2) is 0 Å². The van der Waals surface area contributed by atoms with Gasteiger partial charge in [0.2, 0.25) is 5.91 Å². The van der Waals surface area contributed by atoms with Crippen LogP contribution < -0.4 is 28.7 Å². The first-order valence-electron chi connectivity index (χ1n) is 8.31. The van der Waals surface area contributed by atoms with E-state index in [0.717, 1.165) is 0 Å². The first-order chi connectivity index (χ1) is 13.5. The lowest BCUT2D eigenvalue weighted by Crippen LogP contribution is -2.34. The van der Waals surface area contributed by atoms with Crippen molar-refractivity contribution in [3.8, 4) is 0 Å². The molecule has 30 heavy (non-hydrogen) atoms. The predicted molar refractivity (Wildman–Crippen MR) is 104 cm³/mol. The number of aliphatic carboxylic acids is 4. The molecular weight excluding hydrogens is 410 g/mol. The first kappa shape index (κ1) is 34.6. The minimum atomic E-state index is -1.18. The van der Waals surface area contributed by atoms with Gasteiger partial charge in [0, 0.05) is 6.42 Å². The van der Waals surface area contributed by atoms with Gasteiger partial charge >= 0.3 is 23.9 Å². The van der Waals surface area contributed by atoms with Crippen LogP contribution in [0.2, 0.25) is 0 Å². The molecule has 0 bridgehead atoms. The van der Waals surface area contributed by atoms with Crippen LogP contribution >= 0.6 is 0 Å². The Morgan fingerprint density at radius 1 is 0.800 bits per heavy atom. The number of carbonyl (C=O) groups is 5. The minimum Gasteiger partial charge on any atom is -0.480 e. The zero-order valence-electron chi connectivity index (χ0n) is 16.8.